The average molecular weight is 289 g/mol. The van der Waals surface area contributed by atoms with Crippen molar-refractivity contribution in [2.45, 2.75) is 26.5 Å². The maximum atomic E-state index is 12.1. The molecule has 1 amide bonds. The summed E-state index contributed by atoms with van der Waals surface area (Å²) in [5.74, 6) is 1.67. The van der Waals surface area contributed by atoms with Crippen molar-refractivity contribution in [1.82, 2.24) is 5.32 Å². The molecule has 1 aromatic carbocycles. The predicted molar refractivity (Wildman–Crippen MR) is 78.6 cm³/mol. The number of methoxy groups -OCH3 is 1. The van der Waals surface area contributed by atoms with Gasteiger partial charge in [0, 0.05) is 5.56 Å². The van der Waals surface area contributed by atoms with Gasteiger partial charge in [0.25, 0.3) is 5.91 Å². The van der Waals surface area contributed by atoms with E-state index in [9.17, 15) is 4.79 Å². The summed E-state index contributed by atoms with van der Waals surface area (Å²) >= 11 is 0. The smallest absolute Gasteiger partial charge is 0.251 e. The zero-order chi connectivity index (χ0) is 15.2. The number of ether oxygens (including phenoxy) is 2. The van der Waals surface area contributed by atoms with Crippen molar-refractivity contribution in [3.63, 3.8) is 0 Å². The lowest BCUT2D eigenvalue weighted by Gasteiger charge is -2.14. The van der Waals surface area contributed by atoms with Gasteiger partial charge in [-0.3, -0.25) is 4.79 Å². The maximum absolute atomic E-state index is 12.1. The molecule has 21 heavy (non-hydrogen) atoms. The van der Waals surface area contributed by atoms with Crippen LogP contribution in [-0.2, 0) is 6.54 Å². The topological polar surface area (TPSA) is 60.7 Å². The molecule has 0 fully saturated rings. The fraction of sp³-hybridized carbons (Fsp3) is 0.312. The molecule has 2 aromatic rings. The van der Waals surface area contributed by atoms with E-state index in [1.54, 1.807) is 43.7 Å². The van der Waals surface area contributed by atoms with Gasteiger partial charge in [-0.2, -0.15) is 0 Å². The molecule has 5 nitrogen and oxygen atoms in total. The predicted octanol–water partition coefficient (Wildman–Crippen LogP) is 3.01. The molecule has 0 spiro atoms. The minimum atomic E-state index is -0.194. The van der Waals surface area contributed by atoms with Crippen molar-refractivity contribution in [3.8, 4) is 11.5 Å². The van der Waals surface area contributed by atoms with E-state index in [1.165, 1.54) is 0 Å². The van der Waals surface area contributed by atoms with Crippen LogP contribution in [0.5, 0.6) is 11.5 Å². The van der Waals surface area contributed by atoms with Crippen molar-refractivity contribution in [3.05, 3.63) is 47.9 Å². The van der Waals surface area contributed by atoms with Gasteiger partial charge in [0.05, 0.1) is 26.0 Å². The van der Waals surface area contributed by atoms with Crippen LogP contribution in [0.25, 0.3) is 0 Å². The van der Waals surface area contributed by atoms with Gasteiger partial charge in [-0.1, -0.05) is 0 Å². The Morgan fingerprint density at radius 3 is 2.71 bits per heavy atom. The number of furan rings is 1. The van der Waals surface area contributed by atoms with E-state index in [-0.39, 0.29) is 12.0 Å². The van der Waals surface area contributed by atoms with Crippen LogP contribution in [0.4, 0.5) is 0 Å². The fourth-order valence-corrected chi connectivity index (χ4v) is 1.84. The number of benzene rings is 1. The molecule has 0 radical (unpaired) electrons. The minimum absolute atomic E-state index is 0.0394. The van der Waals surface area contributed by atoms with E-state index < -0.39 is 0 Å². The van der Waals surface area contributed by atoms with Crippen LogP contribution in [0.1, 0.15) is 30.0 Å². The Morgan fingerprint density at radius 1 is 1.29 bits per heavy atom. The number of nitrogens with one attached hydrogen (secondary N) is 1. The summed E-state index contributed by atoms with van der Waals surface area (Å²) in [7, 11) is 1.55. The van der Waals surface area contributed by atoms with Crippen molar-refractivity contribution < 1.29 is 18.7 Å². The number of carbonyl (C=O) groups is 1. The second-order valence-electron chi connectivity index (χ2n) is 4.79. The highest BCUT2D eigenvalue weighted by Gasteiger charge is 2.12. The average Bonchev–Trinajstić information content (AvgIpc) is 2.98. The third-order valence-corrected chi connectivity index (χ3v) is 2.79. The van der Waals surface area contributed by atoms with E-state index in [2.05, 4.69) is 5.32 Å². The van der Waals surface area contributed by atoms with Gasteiger partial charge in [-0.25, -0.2) is 0 Å². The molecule has 0 saturated heterocycles. The SMILES string of the molecule is COc1cc(C(=O)NCc2ccco2)ccc1OC(C)C. The molecule has 0 bridgehead atoms. The minimum Gasteiger partial charge on any atom is -0.493 e. The number of amides is 1. The molecule has 0 aliphatic carbocycles. The molecule has 0 saturated carbocycles. The Labute approximate surface area is 123 Å². The molecule has 0 aliphatic rings. The van der Waals surface area contributed by atoms with E-state index in [4.69, 9.17) is 13.9 Å². The fourth-order valence-electron chi connectivity index (χ4n) is 1.84. The molecular weight excluding hydrogens is 270 g/mol. The van der Waals surface area contributed by atoms with Gasteiger partial charge in [-0.05, 0) is 44.2 Å². The first-order valence-electron chi connectivity index (χ1n) is 6.75. The van der Waals surface area contributed by atoms with Crippen molar-refractivity contribution in [2.24, 2.45) is 0 Å². The molecule has 0 aliphatic heterocycles. The first-order chi connectivity index (χ1) is 10.1. The zero-order valence-corrected chi connectivity index (χ0v) is 12.4. The molecule has 112 valence electrons. The normalized spacial score (nSPS) is 10.5. The lowest BCUT2D eigenvalue weighted by molar-refractivity contribution is 0.0947. The van der Waals surface area contributed by atoms with Crippen LogP contribution in [0.3, 0.4) is 0 Å². The molecule has 1 N–H and O–H groups in total. The van der Waals surface area contributed by atoms with E-state index in [0.29, 0.717) is 29.4 Å². The van der Waals surface area contributed by atoms with E-state index in [1.807, 2.05) is 13.8 Å². The third-order valence-electron chi connectivity index (χ3n) is 2.79. The number of rotatable bonds is 6. The van der Waals surface area contributed by atoms with Crippen LogP contribution in [0.15, 0.2) is 41.0 Å². The van der Waals surface area contributed by atoms with Crippen molar-refractivity contribution in [2.75, 3.05) is 7.11 Å². The Kier molecular flexibility index (Phi) is 4.87. The van der Waals surface area contributed by atoms with Crippen LogP contribution in [-0.4, -0.2) is 19.1 Å². The Balaban J connectivity index is 2.07. The second kappa shape index (κ2) is 6.83. The highest BCUT2D eigenvalue weighted by atomic mass is 16.5. The summed E-state index contributed by atoms with van der Waals surface area (Å²) in [4.78, 5) is 12.1. The van der Waals surface area contributed by atoms with Gasteiger partial charge in [0.1, 0.15) is 5.76 Å². The lowest BCUT2D eigenvalue weighted by Crippen LogP contribution is -2.22. The van der Waals surface area contributed by atoms with Crippen LogP contribution < -0.4 is 14.8 Å². The maximum Gasteiger partial charge on any atom is 0.251 e. The van der Waals surface area contributed by atoms with Gasteiger partial charge in [-0.15, -0.1) is 0 Å². The summed E-state index contributed by atoms with van der Waals surface area (Å²) in [5.41, 5.74) is 0.509. The first kappa shape index (κ1) is 15.0. The van der Waals surface area contributed by atoms with Gasteiger partial charge in [0.2, 0.25) is 0 Å². The van der Waals surface area contributed by atoms with Gasteiger partial charge in [0.15, 0.2) is 11.5 Å². The first-order valence-corrected chi connectivity index (χ1v) is 6.75. The third kappa shape index (κ3) is 4.02. The number of hydrogen-bond donors (Lipinski definition) is 1. The summed E-state index contributed by atoms with van der Waals surface area (Å²) in [6.07, 6.45) is 1.61. The second-order valence-corrected chi connectivity index (χ2v) is 4.79. The van der Waals surface area contributed by atoms with E-state index >= 15 is 0 Å². The molecule has 0 atom stereocenters. The molecule has 2 rings (SSSR count). The van der Waals surface area contributed by atoms with Crippen LogP contribution in [0, 0.1) is 0 Å². The largest absolute Gasteiger partial charge is 0.493 e. The lowest BCUT2D eigenvalue weighted by atomic mass is 10.2. The standard InChI is InChI=1S/C16H19NO4/c1-11(2)21-14-7-6-12(9-15(14)19-3)16(18)17-10-13-5-4-8-20-13/h4-9,11H,10H2,1-3H3,(H,17,18). The quantitative estimate of drug-likeness (QED) is 0.888. The molecule has 5 heteroatoms. The van der Waals surface area contributed by atoms with Crippen molar-refractivity contribution in [1.29, 1.82) is 0 Å². The van der Waals surface area contributed by atoms with E-state index in [0.717, 1.165) is 0 Å². The number of hydrogen-bond acceptors (Lipinski definition) is 4. The summed E-state index contributed by atoms with van der Waals surface area (Å²) in [6.45, 7) is 4.21. The molecule has 1 aromatic heterocycles. The summed E-state index contributed by atoms with van der Waals surface area (Å²) < 4.78 is 16.1. The summed E-state index contributed by atoms with van der Waals surface area (Å²) in [5, 5.41) is 2.78. The van der Waals surface area contributed by atoms with Crippen LogP contribution in [0.2, 0.25) is 0 Å². The summed E-state index contributed by atoms with van der Waals surface area (Å²) in [6, 6.07) is 8.69. The Bertz CT molecular complexity index is 590. The van der Waals surface area contributed by atoms with Crippen LogP contribution >= 0.6 is 0 Å². The molecule has 0 unspecified atom stereocenters. The monoisotopic (exact) mass is 289 g/mol. The zero-order valence-electron chi connectivity index (χ0n) is 12.4. The van der Waals surface area contributed by atoms with Crippen molar-refractivity contribution >= 4 is 5.91 Å². The Morgan fingerprint density at radius 2 is 2.10 bits per heavy atom. The molecular formula is C16H19NO4. The highest BCUT2D eigenvalue weighted by Crippen LogP contribution is 2.28. The molecule has 1 heterocycles. The highest BCUT2D eigenvalue weighted by molar-refractivity contribution is 5.94. The Hall–Kier alpha value is -2.43. The van der Waals surface area contributed by atoms with Gasteiger partial charge >= 0.3 is 0 Å². The van der Waals surface area contributed by atoms with Gasteiger partial charge < -0.3 is 19.2 Å². The number of carbonyl (C=O) groups excluding carboxylic acids is 1.